The lowest BCUT2D eigenvalue weighted by molar-refractivity contribution is 0.129. The van der Waals surface area contributed by atoms with Crippen LogP contribution in [-0.4, -0.2) is 36.2 Å². The molecule has 0 saturated heterocycles. The first-order valence-electron chi connectivity index (χ1n) is 8.97. The third-order valence-electron chi connectivity index (χ3n) is 4.08. The molecule has 1 unspecified atom stereocenters. The summed E-state index contributed by atoms with van der Waals surface area (Å²) in [7, 11) is -3.76. The van der Waals surface area contributed by atoms with Crippen LogP contribution in [0.1, 0.15) is 12.5 Å². The molecule has 9 nitrogen and oxygen atoms in total. The van der Waals surface area contributed by atoms with Gasteiger partial charge in [-0.2, -0.15) is 0 Å². The first-order valence-corrected chi connectivity index (χ1v) is 10.5. The molecule has 30 heavy (non-hydrogen) atoms. The average molecular weight is 431 g/mol. The number of nitrogens with zero attached hydrogens (tertiary/aromatic N) is 1. The fraction of sp³-hybridized carbons (Fsp3) is 0.200. The zero-order valence-corrected chi connectivity index (χ0v) is 16.9. The molecule has 0 saturated carbocycles. The van der Waals surface area contributed by atoms with Crippen LogP contribution in [0.15, 0.2) is 64.4 Å². The summed E-state index contributed by atoms with van der Waals surface area (Å²) in [6.07, 6.45) is 0.952. The minimum atomic E-state index is -3.76. The summed E-state index contributed by atoms with van der Waals surface area (Å²) < 4.78 is 34.2. The minimum absolute atomic E-state index is 0.0148. The third kappa shape index (κ3) is 5.66. The van der Waals surface area contributed by atoms with Crippen molar-refractivity contribution in [1.29, 1.82) is 0 Å². The summed E-state index contributed by atoms with van der Waals surface area (Å²) in [5, 5.41) is 14.4. The molecule has 10 heteroatoms. The van der Waals surface area contributed by atoms with Crippen molar-refractivity contribution in [2.24, 2.45) is 5.14 Å². The highest BCUT2D eigenvalue weighted by Gasteiger charge is 2.11. The second kappa shape index (κ2) is 9.08. The summed E-state index contributed by atoms with van der Waals surface area (Å²) in [6.45, 7) is 1.70. The van der Waals surface area contributed by atoms with Gasteiger partial charge in [-0.25, -0.2) is 18.5 Å². The second-order valence-electron chi connectivity index (χ2n) is 6.56. The maximum absolute atomic E-state index is 11.6. The van der Waals surface area contributed by atoms with Crippen LogP contribution in [0.2, 0.25) is 0 Å². The van der Waals surface area contributed by atoms with Gasteiger partial charge in [0.1, 0.15) is 30.0 Å². The normalized spacial score (nSPS) is 12.4. The van der Waals surface area contributed by atoms with Gasteiger partial charge in [-0.15, -0.1) is 0 Å². The van der Waals surface area contributed by atoms with Gasteiger partial charge in [0.2, 0.25) is 10.0 Å². The van der Waals surface area contributed by atoms with Crippen LogP contribution in [0.5, 0.6) is 11.5 Å². The van der Waals surface area contributed by atoms with Crippen LogP contribution in [0.4, 0.5) is 0 Å². The smallest absolute Gasteiger partial charge is 0.251 e. The van der Waals surface area contributed by atoms with Gasteiger partial charge in [0, 0.05) is 23.9 Å². The average Bonchev–Trinajstić information content (AvgIpc) is 2.71. The SMILES string of the molecule is CC(CO)Oc1cc(OCc2ccc(S(N)(=O)=O)cc2)cc(-c2nccc(=O)[nH]2)c1. The van der Waals surface area contributed by atoms with E-state index in [1.54, 1.807) is 37.3 Å². The Balaban J connectivity index is 1.86. The van der Waals surface area contributed by atoms with Crippen molar-refractivity contribution in [2.45, 2.75) is 24.5 Å². The van der Waals surface area contributed by atoms with Gasteiger partial charge in [0.05, 0.1) is 11.5 Å². The lowest BCUT2D eigenvalue weighted by Gasteiger charge is -2.15. The van der Waals surface area contributed by atoms with Gasteiger partial charge in [0.15, 0.2) is 0 Å². The number of ether oxygens (including phenoxy) is 2. The summed E-state index contributed by atoms with van der Waals surface area (Å²) >= 11 is 0. The summed E-state index contributed by atoms with van der Waals surface area (Å²) in [6, 6.07) is 12.3. The van der Waals surface area contributed by atoms with E-state index in [-0.39, 0.29) is 23.7 Å². The largest absolute Gasteiger partial charge is 0.489 e. The predicted octanol–water partition coefficient (Wildman–Crippen LogP) is 1.42. The molecule has 1 heterocycles. The van der Waals surface area contributed by atoms with Gasteiger partial charge in [0.25, 0.3) is 5.56 Å². The van der Waals surface area contributed by atoms with Crippen molar-refractivity contribution in [1.82, 2.24) is 9.97 Å². The number of H-pyrrole nitrogens is 1. The Morgan fingerprint density at radius 1 is 1.13 bits per heavy atom. The van der Waals surface area contributed by atoms with E-state index in [2.05, 4.69) is 9.97 Å². The number of primary sulfonamides is 1. The van der Waals surface area contributed by atoms with Crippen molar-refractivity contribution in [2.75, 3.05) is 6.61 Å². The van der Waals surface area contributed by atoms with Crippen molar-refractivity contribution >= 4 is 10.0 Å². The lowest BCUT2D eigenvalue weighted by atomic mass is 10.1. The second-order valence-corrected chi connectivity index (χ2v) is 8.13. The van der Waals surface area contributed by atoms with E-state index >= 15 is 0 Å². The van der Waals surface area contributed by atoms with Crippen LogP contribution in [0.25, 0.3) is 11.4 Å². The zero-order chi connectivity index (χ0) is 21.7. The van der Waals surface area contributed by atoms with Crippen LogP contribution >= 0.6 is 0 Å². The fourth-order valence-corrected chi connectivity index (χ4v) is 3.10. The van der Waals surface area contributed by atoms with E-state index in [0.717, 1.165) is 5.56 Å². The molecule has 0 radical (unpaired) electrons. The number of aromatic amines is 1. The van der Waals surface area contributed by atoms with Crippen molar-refractivity contribution in [3.05, 3.63) is 70.6 Å². The first-order chi connectivity index (χ1) is 14.2. The number of sulfonamides is 1. The molecule has 3 aromatic rings. The number of nitrogens with two attached hydrogens (primary N) is 1. The van der Waals surface area contributed by atoms with Crippen LogP contribution < -0.4 is 20.2 Å². The number of aromatic nitrogens is 2. The number of benzene rings is 2. The molecule has 0 amide bonds. The molecule has 3 rings (SSSR count). The fourth-order valence-electron chi connectivity index (χ4n) is 2.59. The maximum atomic E-state index is 11.6. The minimum Gasteiger partial charge on any atom is -0.489 e. The molecule has 1 atom stereocenters. The topological polar surface area (TPSA) is 145 Å². The maximum Gasteiger partial charge on any atom is 0.251 e. The molecule has 4 N–H and O–H groups in total. The van der Waals surface area contributed by atoms with E-state index in [0.29, 0.717) is 22.9 Å². The Morgan fingerprint density at radius 2 is 1.83 bits per heavy atom. The zero-order valence-electron chi connectivity index (χ0n) is 16.1. The highest BCUT2D eigenvalue weighted by atomic mass is 32.2. The lowest BCUT2D eigenvalue weighted by Crippen LogP contribution is -2.16. The van der Waals surface area contributed by atoms with E-state index in [4.69, 9.17) is 14.6 Å². The van der Waals surface area contributed by atoms with Crippen molar-refractivity contribution in [3.8, 4) is 22.9 Å². The number of nitrogens with one attached hydrogen (secondary N) is 1. The monoisotopic (exact) mass is 431 g/mol. The molecular weight excluding hydrogens is 410 g/mol. The molecular formula is C20H21N3O6S. The van der Waals surface area contributed by atoms with Gasteiger partial charge in [-0.1, -0.05) is 12.1 Å². The molecule has 0 aliphatic carbocycles. The van der Waals surface area contributed by atoms with E-state index < -0.39 is 16.1 Å². The third-order valence-corrected chi connectivity index (χ3v) is 5.01. The molecule has 0 aliphatic rings. The van der Waals surface area contributed by atoms with E-state index in [1.165, 1.54) is 24.4 Å². The number of aliphatic hydroxyl groups excluding tert-OH is 1. The number of hydrogen-bond acceptors (Lipinski definition) is 7. The Labute approximate surface area is 173 Å². The van der Waals surface area contributed by atoms with Crippen molar-refractivity contribution < 1.29 is 23.0 Å². The van der Waals surface area contributed by atoms with Crippen molar-refractivity contribution in [3.63, 3.8) is 0 Å². The number of aliphatic hydroxyl groups is 1. The van der Waals surface area contributed by atoms with Gasteiger partial charge in [-0.3, -0.25) is 4.79 Å². The van der Waals surface area contributed by atoms with Crippen LogP contribution in [0.3, 0.4) is 0 Å². The van der Waals surface area contributed by atoms with Crippen LogP contribution in [0, 0.1) is 0 Å². The Bertz CT molecular complexity index is 1180. The highest BCUT2D eigenvalue weighted by molar-refractivity contribution is 7.89. The van der Waals surface area contributed by atoms with Gasteiger partial charge >= 0.3 is 0 Å². The molecule has 0 aliphatic heterocycles. The van der Waals surface area contributed by atoms with Crippen LogP contribution in [-0.2, 0) is 16.6 Å². The first kappa shape index (κ1) is 21.5. The Kier molecular flexibility index (Phi) is 6.50. The Hall–Kier alpha value is -3.21. The number of rotatable bonds is 8. The molecule has 0 bridgehead atoms. The van der Waals surface area contributed by atoms with E-state index in [1.807, 2.05) is 0 Å². The molecule has 2 aromatic carbocycles. The standard InChI is InChI=1S/C20H21N3O6S/c1-13(11-24)29-17-9-15(20-22-7-6-19(25)23-20)8-16(10-17)28-12-14-2-4-18(5-3-14)30(21,26)27/h2-10,13,24H,11-12H2,1H3,(H2,21,26,27)(H,22,23,25). The Morgan fingerprint density at radius 3 is 2.47 bits per heavy atom. The molecule has 158 valence electrons. The number of hydrogen-bond donors (Lipinski definition) is 3. The molecule has 0 fully saturated rings. The van der Waals surface area contributed by atoms with E-state index in [9.17, 15) is 18.3 Å². The van der Waals surface area contributed by atoms with Gasteiger partial charge in [-0.05, 0) is 36.8 Å². The molecule has 0 spiro atoms. The summed E-state index contributed by atoms with van der Waals surface area (Å²) in [4.78, 5) is 18.4. The predicted molar refractivity (Wildman–Crippen MR) is 110 cm³/mol. The molecule has 1 aromatic heterocycles. The quantitative estimate of drug-likeness (QED) is 0.489. The summed E-state index contributed by atoms with van der Waals surface area (Å²) in [5.74, 6) is 1.21. The van der Waals surface area contributed by atoms with Gasteiger partial charge < -0.3 is 19.6 Å². The summed E-state index contributed by atoms with van der Waals surface area (Å²) in [5.41, 5.74) is 0.993. The highest BCUT2D eigenvalue weighted by Crippen LogP contribution is 2.29.